The lowest BCUT2D eigenvalue weighted by atomic mass is 9.79. The number of aliphatic hydroxyl groups excluding tert-OH is 1. The van der Waals surface area contributed by atoms with Crippen LogP contribution in [0.25, 0.3) is 10.9 Å². The lowest BCUT2D eigenvalue weighted by Crippen LogP contribution is -2.25. The van der Waals surface area contributed by atoms with E-state index in [2.05, 4.69) is 17.2 Å². The van der Waals surface area contributed by atoms with E-state index in [-0.39, 0.29) is 27.6 Å². The molecule has 0 radical (unpaired) electrons. The van der Waals surface area contributed by atoms with Crippen molar-refractivity contribution in [3.8, 4) is 5.75 Å². The summed E-state index contributed by atoms with van der Waals surface area (Å²) < 4.78 is 0. The number of benzene rings is 2. The molecule has 34 heavy (non-hydrogen) atoms. The van der Waals surface area contributed by atoms with Crippen molar-refractivity contribution in [1.82, 2.24) is 4.98 Å². The highest BCUT2D eigenvalue weighted by Crippen LogP contribution is 2.39. The standard InChI is InChI=1S/C24H28N2O3.C4H10O/c1-23(2,3)16-11-17(24(4,5)6)20(27)12-19(16)26-22(29)15-13-25-18-10-8-7-9-14(18)21(15)28;1-2-3-4-5/h7-13,27H,1-6H3,(H,25,28)(H,26,29);5H,2-4H2,1H3. The Morgan fingerprint density at radius 2 is 1.62 bits per heavy atom. The predicted molar refractivity (Wildman–Crippen MR) is 140 cm³/mol. The molecule has 0 unspecified atom stereocenters. The predicted octanol–water partition coefficient (Wildman–Crippen LogP) is 5.86. The second kappa shape index (κ2) is 10.9. The Morgan fingerprint density at radius 3 is 2.15 bits per heavy atom. The number of hydrogen-bond donors (Lipinski definition) is 4. The van der Waals surface area contributed by atoms with Crippen LogP contribution in [-0.2, 0) is 10.8 Å². The van der Waals surface area contributed by atoms with Crippen molar-refractivity contribution in [3.05, 3.63) is 69.5 Å². The van der Waals surface area contributed by atoms with Crippen LogP contribution < -0.4 is 10.7 Å². The van der Waals surface area contributed by atoms with Gasteiger partial charge in [-0.2, -0.15) is 0 Å². The number of aromatic hydroxyl groups is 1. The van der Waals surface area contributed by atoms with Crippen molar-refractivity contribution in [3.63, 3.8) is 0 Å². The minimum atomic E-state index is -0.509. The van der Waals surface area contributed by atoms with Gasteiger partial charge in [0.2, 0.25) is 5.43 Å². The minimum Gasteiger partial charge on any atom is -0.508 e. The highest BCUT2D eigenvalue weighted by atomic mass is 16.3. The number of fused-ring (bicyclic) bond motifs is 1. The third-order valence-corrected chi connectivity index (χ3v) is 5.54. The van der Waals surface area contributed by atoms with E-state index >= 15 is 0 Å². The zero-order valence-electron chi connectivity index (χ0n) is 21.4. The van der Waals surface area contributed by atoms with Gasteiger partial charge < -0.3 is 20.5 Å². The van der Waals surface area contributed by atoms with Crippen molar-refractivity contribution < 1.29 is 15.0 Å². The molecule has 0 aliphatic carbocycles. The van der Waals surface area contributed by atoms with Crippen LogP contribution in [0.4, 0.5) is 5.69 Å². The first kappa shape index (κ1) is 27.1. The van der Waals surface area contributed by atoms with Gasteiger partial charge >= 0.3 is 0 Å². The molecule has 1 amide bonds. The molecule has 2 aromatic carbocycles. The third kappa shape index (κ3) is 6.48. The smallest absolute Gasteiger partial charge is 0.261 e. The Bertz CT molecular complexity index is 1200. The van der Waals surface area contributed by atoms with E-state index in [9.17, 15) is 14.7 Å². The maximum Gasteiger partial charge on any atom is 0.261 e. The number of hydrogen-bond acceptors (Lipinski definition) is 4. The van der Waals surface area contributed by atoms with Crippen LogP contribution in [-0.4, -0.2) is 27.7 Å². The zero-order valence-corrected chi connectivity index (χ0v) is 21.4. The number of carbonyl (C=O) groups is 1. The molecular formula is C28H38N2O4. The number of para-hydroxylation sites is 1. The fourth-order valence-corrected chi connectivity index (χ4v) is 3.60. The SMILES string of the molecule is CC(C)(C)c1cc(C(C)(C)C)c(NC(=O)c2c[nH]c3ccccc3c2=O)cc1O.CCCCO. The normalized spacial score (nSPS) is 11.6. The number of rotatable bonds is 4. The molecule has 184 valence electrons. The second-order valence-corrected chi connectivity index (χ2v) is 10.5. The first-order valence-corrected chi connectivity index (χ1v) is 11.7. The summed E-state index contributed by atoms with van der Waals surface area (Å²) in [5.74, 6) is -0.390. The van der Waals surface area contributed by atoms with Gasteiger partial charge in [0, 0.05) is 35.5 Å². The summed E-state index contributed by atoms with van der Waals surface area (Å²) in [6, 6.07) is 10.6. The lowest BCUT2D eigenvalue weighted by Gasteiger charge is -2.28. The van der Waals surface area contributed by atoms with Gasteiger partial charge in [-0.1, -0.05) is 67.0 Å². The molecule has 3 rings (SSSR count). The van der Waals surface area contributed by atoms with Gasteiger partial charge in [-0.05, 0) is 46.6 Å². The number of pyridine rings is 1. The summed E-state index contributed by atoms with van der Waals surface area (Å²) in [5.41, 5.74) is 2.06. The molecule has 0 fully saturated rings. The van der Waals surface area contributed by atoms with E-state index < -0.39 is 5.91 Å². The number of amides is 1. The number of aliphatic hydroxyl groups is 1. The van der Waals surface area contributed by atoms with Gasteiger partial charge in [0.1, 0.15) is 11.3 Å². The average molecular weight is 467 g/mol. The Kier molecular flexibility index (Phi) is 8.67. The Hall–Kier alpha value is -3.12. The van der Waals surface area contributed by atoms with Crippen molar-refractivity contribution >= 4 is 22.5 Å². The molecule has 0 aliphatic heterocycles. The van der Waals surface area contributed by atoms with E-state index in [1.165, 1.54) is 6.20 Å². The summed E-state index contributed by atoms with van der Waals surface area (Å²) in [7, 11) is 0. The number of aromatic nitrogens is 1. The molecule has 0 bridgehead atoms. The van der Waals surface area contributed by atoms with Crippen LogP contribution in [0, 0.1) is 0 Å². The molecule has 0 atom stereocenters. The number of anilines is 1. The van der Waals surface area contributed by atoms with Crippen molar-refractivity contribution in [2.75, 3.05) is 11.9 Å². The van der Waals surface area contributed by atoms with E-state index in [1.807, 2.05) is 53.7 Å². The average Bonchev–Trinajstić information content (AvgIpc) is 2.73. The fraction of sp³-hybridized carbons (Fsp3) is 0.429. The molecule has 0 aliphatic rings. The van der Waals surface area contributed by atoms with Crippen LogP contribution >= 0.6 is 0 Å². The molecular weight excluding hydrogens is 428 g/mol. The topological polar surface area (TPSA) is 102 Å². The number of H-pyrrole nitrogens is 1. The van der Waals surface area contributed by atoms with Crippen LogP contribution in [0.1, 0.15) is 82.8 Å². The molecule has 6 heteroatoms. The number of phenolic OH excluding ortho intramolecular Hbond substituents is 1. The quantitative estimate of drug-likeness (QED) is 0.387. The first-order chi connectivity index (χ1) is 15.8. The second-order valence-electron chi connectivity index (χ2n) is 10.5. The molecule has 0 saturated heterocycles. The van der Waals surface area contributed by atoms with Gasteiger partial charge in [-0.3, -0.25) is 9.59 Å². The molecule has 3 aromatic rings. The lowest BCUT2D eigenvalue weighted by molar-refractivity contribution is 0.102. The summed E-state index contributed by atoms with van der Waals surface area (Å²) in [4.78, 5) is 28.7. The summed E-state index contributed by atoms with van der Waals surface area (Å²) >= 11 is 0. The maximum atomic E-state index is 12.9. The molecule has 6 nitrogen and oxygen atoms in total. The summed E-state index contributed by atoms with van der Waals surface area (Å²) in [6.45, 7) is 14.6. The van der Waals surface area contributed by atoms with Crippen LogP contribution in [0.15, 0.2) is 47.4 Å². The van der Waals surface area contributed by atoms with Gasteiger partial charge in [0.15, 0.2) is 0 Å². The fourth-order valence-electron chi connectivity index (χ4n) is 3.60. The van der Waals surface area contributed by atoms with Gasteiger partial charge in [0.05, 0.1) is 0 Å². The number of carbonyl (C=O) groups excluding carboxylic acids is 1. The zero-order chi connectivity index (χ0) is 25.7. The van der Waals surface area contributed by atoms with Crippen LogP contribution in [0.5, 0.6) is 5.75 Å². The third-order valence-electron chi connectivity index (χ3n) is 5.54. The van der Waals surface area contributed by atoms with Crippen LogP contribution in [0.2, 0.25) is 0 Å². The monoisotopic (exact) mass is 466 g/mol. The first-order valence-electron chi connectivity index (χ1n) is 11.7. The van der Waals surface area contributed by atoms with Gasteiger partial charge in [0.25, 0.3) is 5.91 Å². The molecule has 0 saturated carbocycles. The Balaban J connectivity index is 0.000000739. The van der Waals surface area contributed by atoms with Gasteiger partial charge in [-0.25, -0.2) is 0 Å². The highest BCUT2D eigenvalue weighted by molar-refractivity contribution is 6.06. The Labute approximate surface area is 202 Å². The summed E-state index contributed by atoms with van der Waals surface area (Å²) in [6.07, 6.45) is 3.47. The number of phenols is 1. The van der Waals surface area contributed by atoms with E-state index in [0.717, 1.165) is 24.0 Å². The molecule has 1 aromatic heterocycles. The largest absolute Gasteiger partial charge is 0.508 e. The molecule has 4 N–H and O–H groups in total. The number of aromatic amines is 1. The van der Waals surface area contributed by atoms with E-state index in [4.69, 9.17) is 5.11 Å². The number of unbranched alkanes of at least 4 members (excludes halogenated alkanes) is 1. The van der Waals surface area contributed by atoms with Crippen molar-refractivity contribution in [2.45, 2.75) is 72.1 Å². The van der Waals surface area contributed by atoms with Gasteiger partial charge in [-0.15, -0.1) is 0 Å². The highest BCUT2D eigenvalue weighted by Gasteiger charge is 2.26. The van der Waals surface area contributed by atoms with E-state index in [1.54, 1.807) is 24.3 Å². The summed E-state index contributed by atoms with van der Waals surface area (Å²) in [5, 5.41) is 21.9. The molecule has 1 heterocycles. The molecule has 0 spiro atoms. The maximum absolute atomic E-state index is 12.9. The van der Waals surface area contributed by atoms with Crippen molar-refractivity contribution in [1.29, 1.82) is 0 Å². The minimum absolute atomic E-state index is 0.0305. The number of nitrogens with one attached hydrogen (secondary N) is 2. The van der Waals surface area contributed by atoms with E-state index in [0.29, 0.717) is 23.2 Å². The van der Waals surface area contributed by atoms with Crippen molar-refractivity contribution in [2.24, 2.45) is 0 Å². The Morgan fingerprint density at radius 1 is 1.00 bits per heavy atom. The van der Waals surface area contributed by atoms with Crippen LogP contribution in [0.3, 0.4) is 0 Å².